The number of aryl methyl sites for hydroxylation is 1. The van der Waals surface area contributed by atoms with Gasteiger partial charge in [0, 0.05) is 29.9 Å². The first-order valence-corrected chi connectivity index (χ1v) is 12.2. The van der Waals surface area contributed by atoms with Crippen LogP contribution < -0.4 is 16.0 Å². The zero-order chi connectivity index (χ0) is 27.5. The van der Waals surface area contributed by atoms with Crippen LogP contribution in [-0.4, -0.2) is 45.2 Å². The van der Waals surface area contributed by atoms with E-state index >= 15 is 0 Å². The van der Waals surface area contributed by atoms with E-state index < -0.39 is 18.2 Å². The van der Waals surface area contributed by atoms with Crippen molar-refractivity contribution in [2.24, 2.45) is 0 Å². The molecule has 202 valence electrons. The molecule has 0 aliphatic heterocycles. The Labute approximate surface area is 218 Å². The van der Waals surface area contributed by atoms with Gasteiger partial charge in [0.15, 0.2) is 0 Å². The Morgan fingerprint density at radius 2 is 1.58 bits per heavy atom. The molecule has 1 amide bonds. The van der Waals surface area contributed by atoms with Crippen LogP contribution in [0.1, 0.15) is 36.9 Å². The molecule has 4 rings (SSSR count). The summed E-state index contributed by atoms with van der Waals surface area (Å²) >= 11 is 0. The SMILES string of the molecule is Cc1cc(N[C@@H](Cc2ccccc2)C(=O)NC2CCCC2)nc(Nc2ccccc2)n1.O=C(O)C(F)(F)F. The number of alkyl halides is 3. The molecule has 0 saturated heterocycles. The Bertz CT molecular complexity index is 1190. The van der Waals surface area contributed by atoms with E-state index in [-0.39, 0.29) is 11.9 Å². The number of hydrogen-bond acceptors (Lipinski definition) is 6. The topological polar surface area (TPSA) is 116 Å². The largest absolute Gasteiger partial charge is 0.490 e. The number of carboxylic acids is 1. The molecule has 1 atom stereocenters. The summed E-state index contributed by atoms with van der Waals surface area (Å²) in [6.45, 7) is 1.92. The first-order valence-electron chi connectivity index (χ1n) is 12.2. The first kappa shape index (κ1) is 28.4. The molecule has 11 heteroatoms. The molecule has 0 spiro atoms. The van der Waals surface area contributed by atoms with E-state index in [0.717, 1.165) is 29.8 Å². The van der Waals surface area contributed by atoms with Gasteiger partial charge in [0.25, 0.3) is 0 Å². The van der Waals surface area contributed by atoms with Gasteiger partial charge in [0.05, 0.1) is 0 Å². The van der Waals surface area contributed by atoms with E-state index in [9.17, 15) is 18.0 Å². The Morgan fingerprint density at radius 1 is 1.00 bits per heavy atom. The third kappa shape index (κ3) is 9.38. The molecule has 1 aliphatic rings. The van der Waals surface area contributed by atoms with Crippen molar-refractivity contribution in [3.8, 4) is 0 Å². The van der Waals surface area contributed by atoms with Crippen LogP contribution in [0.5, 0.6) is 0 Å². The molecule has 3 aromatic rings. The lowest BCUT2D eigenvalue weighted by atomic mass is 10.0. The molecular weight excluding hydrogens is 499 g/mol. The molecule has 1 fully saturated rings. The second-order valence-corrected chi connectivity index (χ2v) is 8.89. The molecule has 38 heavy (non-hydrogen) atoms. The highest BCUT2D eigenvalue weighted by molar-refractivity contribution is 5.85. The number of benzene rings is 2. The Morgan fingerprint density at radius 3 is 2.16 bits per heavy atom. The van der Waals surface area contributed by atoms with Crippen molar-refractivity contribution in [3.05, 3.63) is 78.0 Å². The van der Waals surface area contributed by atoms with Gasteiger partial charge in [-0.2, -0.15) is 18.2 Å². The number of rotatable bonds is 8. The number of halogens is 3. The van der Waals surface area contributed by atoms with Crippen LogP contribution in [-0.2, 0) is 16.0 Å². The van der Waals surface area contributed by atoms with Gasteiger partial charge in [-0.1, -0.05) is 61.4 Å². The van der Waals surface area contributed by atoms with Gasteiger partial charge in [0.1, 0.15) is 11.9 Å². The van der Waals surface area contributed by atoms with Crippen LogP contribution in [0.4, 0.5) is 30.6 Å². The van der Waals surface area contributed by atoms with Crippen molar-refractivity contribution in [2.75, 3.05) is 10.6 Å². The van der Waals surface area contributed by atoms with Crippen molar-refractivity contribution < 1.29 is 27.9 Å². The summed E-state index contributed by atoms with van der Waals surface area (Å²) in [4.78, 5) is 31.1. The summed E-state index contributed by atoms with van der Waals surface area (Å²) in [7, 11) is 0. The summed E-state index contributed by atoms with van der Waals surface area (Å²) in [5.74, 6) is -1.60. The lowest BCUT2D eigenvalue weighted by molar-refractivity contribution is -0.192. The van der Waals surface area contributed by atoms with Crippen LogP contribution in [0, 0.1) is 6.92 Å². The molecular formula is C27H30F3N5O3. The Hall–Kier alpha value is -4.15. The van der Waals surface area contributed by atoms with Crippen LogP contribution >= 0.6 is 0 Å². The number of carbonyl (C=O) groups is 2. The number of nitrogens with zero attached hydrogens (tertiary/aromatic N) is 2. The average molecular weight is 530 g/mol. The van der Waals surface area contributed by atoms with Crippen molar-refractivity contribution in [2.45, 2.75) is 57.3 Å². The fourth-order valence-electron chi connectivity index (χ4n) is 3.96. The molecule has 0 bridgehead atoms. The first-order chi connectivity index (χ1) is 18.1. The average Bonchev–Trinajstić information content (AvgIpc) is 3.37. The van der Waals surface area contributed by atoms with E-state index in [1.54, 1.807) is 0 Å². The van der Waals surface area contributed by atoms with Gasteiger partial charge < -0.3 is 21.1 Å². The second kappa shape index (κ2) is 13.4. The number of carbonyl (C=O) groups excluding carboxylic acids is 1. The van der Waals surface area contributed by atoms with Crippen molar-refractivity contribution in [1.82, 2.24) is 15.3 Å². The normalized spacial score (nSPS) is 14.1. The number of amides is 1. The quantitative estimate of drug-likeness (QED) is 0.315. The van der Waals surface area contributed by atoms with E-state index in [1.165, 1.54) is 12.8 Å². The molecule has 4 N–H and O–H groups in total. The predicted octanol–water partition coefficient (Wildman–Crippen LogP) is 5.24. The predicted molar refractivity (Wildman–Crippen MR) is 138 cm³/mol. The van der Waals surface area contributed by atoms with Gasteiger partial charge in [-0.15, -0.1) is 0 Å². The zero-order valence-electron chi connectivity index (χ0n) is 20.8. The van der Waals surface area contributed by atoms with Gasteiger partial charge in [-0.3, -0.25) is 4.79 Å². The summed E-state index contributed by atoms with van der Waals surface area (Å²) in [5, 5.41) is 17.0. The smallest absolute Gasteiger partial charge is 0.475 e. The summed E-state index contributed by atoms with van der Waals surface area (Å²) < 4.78 is 31.7. The lowest BCUT2D eigenvalue weighted by Crippen LogP contribution is -2.45. The van der Waals surface area contributed by atoms with Crippen LogP contribution in [0.3, 0.4) is 0 Å². The van der Waals surface area contributed by atoms with Gasteiger partial charge in [-0.25, -0.2) is 9.78 Å². The van der Waals surface area contributed by atoms with Crippen LogP contribution in [0.25, 0.3) is 0 Å². The number of aromatic nitrogens is 2. The summed E-state index contributed by atoms with van der Waals surface area (Å²) in [6.07, 6.45) is -0.0182. The Kier molecular flexibility index (Phi) is 10.0. The fraction of sp³-hybridized carbons (Fsp3) is 0.333. The molecule has 2 aromatic carbocycles. The van der Waals surface area contributed by atoms with Gasteiger partial charge >= 0.3 is 12.1 Å². The molecule has 1 aliphatic carbocycles. The van der Waals surface area contributed by atoms with Crippen molar-refractivity contribution >= 4 is 29.3 Å². The van der Waals surface area contributed by atoms with Crippen molar-refractivity contribution in [1.29, 1.82) is 0 Å². The number of carboxylic acid groups (broad SMARTS) is 1. The number of hydrogen-bond donors (Lipinski definition) is 4. The minimum atomic E-state index is -5.08. The highest BCUT2D eigenvalue weighted by Crippen LogP contribution is 2.20. The van der Waals surface area contributed by atoms with Gasteiger partial charge in [-0.05, 0) is 37.5 Å². The molecule has 1 heterocycles. The maximum absolute atomic E-state index is 13.1. The second-order valence-electron chi connectivity index (χ2n) is 8.89. The minimum Gasteiger partial charge on any atom is -0.475 e. The number of para-hydroxylation sites is 1. The summed E-state index contributed by atoms with van der Waals surface area (Å²) in [5.41, 5.74) is 2.85. The lowest BCUT2D eigenvalue weighted by Gasteiger charge is -2.22. The zero-order valence-corrected chi connectivity index (χ0v) is 20.8. The van der Waals surface area contributed by atoms with Crippen molar-refractivity contribution in [3.63, 3.8) is 0 Å². The highest BCUT2D eigenvalue weighted by Gasteiger charge is 2.38. The molecule has 0 unspecified atom stereocenters. The molecule has 0 radical (unpaired) electrons. The van der Waals surface area contributed by atoms with E-state index in [1.807, 2.05) is 73.7 Å². The number of aliphatic carboxylic acids is 1. The van der Waals surface area contributed by atoms with Gasteiger partial charge in [0.2, 0.25) is 11.9 Å². The maximum atomic E-state index is 13.1. The monoisotopic (exact) mass is 529 g/mol. The summed E-state index contributed by atoms with van der Waals surface area (Å²) in [6, 6.07) is 21.6. The van der Waals surface area contributed by atoms with E-state index in [0.29, 0.717) is 18.2 Å². The van der Waals surface area contributed by atoms with Crippen LogP contribution in [0.15, 0.2) is 66.7 Å². The fourth-order valence-corrected chi connectivity index (χ4v) is 3.96. The van der Waals surface area contributed by atoms with E-state index in [4.69, 9.17) is 9.90 Å². The number of nitrogens with one attached hydrogen (secondary N) is 3. The maximum Gasteiger partial charge on any atom is 0.490 e. The molecule has 8 nitrogen and oxygen atoms in total. The number of anilines is 3. The molecule has 1 aromatic heterocycles. The Balaban J connectivity index is 0.000000505. The van der Waals surface area contributed by atoms with E-state index in [2.05, 4.69) is 25.9 Å². The standard InChI is InChI=1S/C25H29N5O.C2HF3O2/c1-18-16-23(30-25(26-18)28-21-12-6-3-7-13-21)29-22(17-19-10-4-2-5-11-19)24(31)27-20-14-8-9-15-20;3-2(4,5)1(6)7/h2-7,10-13,16,20,22H,8-9,14-15,17H2,1H3,(H,27,31)(H2,26,28,29,30);(H,6,7)/t22-;/m0./s1. The highest BCUT2D eigenvalue weighted by atomic mass is 19.4. The third-order valence-electron chi connectivity index (χ3n) is 5.75. The minimum absolute atomic E-state index is 0.0181. The third-order valence-corrected chi connectivity index (χ3v) is 5.75. The molecule has 1 saturated carbocycles. The van der Waals surface area contributed by atoms with Crippen LogP contribution in [0.2, 0.25) is 0 Å².